The smallest absolute Gasteiger partial charge is 0.151 e. The molecule has 0 spiro atoms. The van der Waals surface area contributed by atoms with E-state index >= 15 is 0 Å². The number of ether oxygens (including phenoxy) is 1. The molecule has 5 nitrogen and oxygen atoms in total. The third-order valence-electron chi connectivity index (χ3n) is 4.45. The van der Waals surface area contributed by atoms with Crippen LogP contribution < -0.4 is 4.74 Å². The Balaban J connectivity index is 1.47. The molecule has 2 heterocycles. The second-order valence-corrected chi connectivity index (χ2v) is 6.55. The first-order valence-electron chi connectivity index (χ1n) is 8.85. The molecule has 0 saturated heterocycles. The van der Waals surface area contributed by atoms with Gasteiger partial charge < -0.3 is 9.26 Å². The number of nitrogens with zero attached hydrogens (tertiary/aromatic N) is 3. The van der Waals surface area contributed by atoms with Crippen molar-refractivity contribution in [3.8, 4) is 17.0 Å². The number of benzene rings is 2. The van der Waals surface area contributed by atoms with Crippen LogP contribution in [0.25, 0.3) is 22.2 Å². The molecule has 5 heteroatoms. The number of para-hydroxylation sites is 1. The van der Waals surface area contributed by atoms with E-state index in [1.165, 1.54) is 0 Å². The topological polar surface area (TPSA) is 51.4 Å². The Morgan fingerprint density at radius 3 is 2.63 bits per heavy atom. The van der Waals surface area contributed by atoms with Crippen molar-refractivity contribution < 1.29 is 9.26 Å². The Kier molecular flexibility index (Phi) is 4.85. The highest BCUT2D eigenvalue weighted by Gasteiger charge is 2.11. The van der Waals surface area contributed by atoms with Crippen LogP contribution in [0, 0.1) is 0 Å². The maximum Gasteiger partial charge on any atom is 0.151 e. The van der Waals surface area contributed by atoms with Gasteiger partial charge in [-0.3, -0.25) is 4.90 Å². The molecule has 0 atom stereocenters. The summed E-state index contributed by atoms with van der Waals surface area (Å²) in [5.41, 5.74) is 3.78. The van der Waals surface area contributed by atoms with Gasteiger partial charge in [0, 0.05) is 23.6 Å². The van der Waals surface area contributed by atoms with E-state index in [2.05, 4.69) is 16.1 Å². The van der Waals surface area contributed by atoms with Crippen molar-refractivity contribution in [1.82, 2.24) is 15.0 Å². The van der Waals surface area contributed by atoms with E-state index < -0.39 is 0 Å². The number of pyridine rings is 1. The standard InChI is InChI=1S/C22H21N3O2/c1-25(15-19-13-20(24-27-19)16-7-4-3-5-8-16)14-18-12-11-17-9-6-10-21(26-2)22(17)23-18/h3-13H,14-15H2,1-2H3. The van der Waals surface area contributed by atoms with Gasteiger partial charge in [0.15, 0.2) is 5.76 Å². The summed E-state index contributed by atoms with van der Waals surface area (Å²) in [4.78, 5) is 6.92. The predicted octanol–water partition coefficient (Wildman–Crippen LogP) is 4.53. The largest absolute Gasteiger partial charge is 0.494 e. The molecule has 27 heavy (non-hydrogen) atoms. The molecular formula is C22H21N3O2. The number of aromatic nitrogens is 2. The van der Waals surface area contributed by atoms with Crippen molar-refractivity contribution in [3.63, 3.8) is 0 Å². The molecule has 0 unspecified atom stereocenters. The van der Waals surface area contributed by atoms with Gasteiger partial charge in [-0.05, 0) is 19.2 Å². The monoisotopic (exact) mass is 359 g/mol. The van der Waals surface area contributed by atoms with Crippen molar-refractivity contribution >= 4 is 10.9 Å². The Bertz CT molecular complexity index is 1040. The van der Waals surface area contributed by atoms with E-state index in [1.54, 1.807) is 7.11 Å². The average Bonchev–Trinajstić information content (AvgIpc) is 3.16. The minimum atomic E-state index is 0.658. The third kappa shape index (κ3) is 3.83. The quantitative estimate of drug-likeness (QED) is 0.506. The lowest BCUT2D eigenvalue weighted by molar-refractivity contribution is 0.265. The van der Waals surface area contributed by atoms with E-state index in [0.29, 0.717) is 13.1 Å². The van der Waals surface area contributed by atoms with Crippen LogP contribution in [-0.2, 0) is 13.1 Å². The molecule has 0 aliphatic rings. The Morgan fingerprint density at radius 2 is 1.81 bits per heavy atom. The van der Waals surface area contributed by atoms with Gasteiger partial charge >= 0.3 is 0 Å². The summed E-state index contributed by atoms with van der Waals surface area (Å²) in [6.07, 6.45) is 0. The number of hydrogen-bond donors (Lipinski definition) is 0. The minimum Gasteiger partial charge on any atom is -0.494 e. The lowest BCUT2D eigenvalue weighted by atomic mass is 10.1. The van der Waals surface area contributed by atoms with Gasteiger partial charge in [0.1, 0.15) is 17.0 Å². The second-order valence-electron chi connectivity index (χ2n) is 6.55. The summed E-state index contributed by atoms with van der Waals surface area (Å²) < 4.78 is 10.9. The summed E-state index contributed by atoms with van der Waals surface area (Å²) in [5.74, 6) is 1.62. The lowest BCUT2D eigenvalue weighted by Crippen LogP contribution is -2.17. The summed E-state index contributed by atoms with van der Waals surface area (Å²) in [6, 6.07) is 22.1. The first kappa shape index (κ1) is 17.2. The highest BCUT2D eigenvalue weighted by Crippen LogP contribution is 2.24. The third-order valence-corrected chi connectivity index (χ3v) is 4.45. The highest BCUT2D eigenvalue weighted by atomic mass is 16.5. The van der Waals surface area contributed by atoms with E-state index in [9.17, 15) is 0 Å². The van der Waals surface area contributed by atoms with Crippen molar-refractivity contribution in [2.24, 2.45) is 0 Å². The van der Waals surface area contributed by atoms with Crippen LogP contribution in [0.1, 0.15) is 11.5 Å². The fraction of sp³-hybridized carbons (Fsp3) is 0.182. The summed E-state index contributed by atoms with van der Waals surface area (Å²) in [6.45, 7) is 1.36. The van der Waals surface area contributed by atoms with Crippen LogP contribution in [0.5, 0.6) is 5.75 Å². The molecule has 4 aromatic rings. The number of hydrogen-bond acceptors (Lipinski definition) is 5. The van der Waals surface area contributed by atoms with Crippen molar-refractivity contribution in [2.45, 2.75) is 13.1 Å². The van der Waals surface area contributed by atoms with Gasteiger partial charge in [-0.2, -0.15) is 0 Å². The maximum atomic E-state index is 5.50. The molecule has 2 aromatic heterocycles. The van der Waals surface area contributed by atoms with Crippen LogP contribution in [0.3, 0.4) is 0 Å². The summed E-state index contributed by atoms with van der Waals surface area (Å²) >= 11 is 0. The van der Waals surface area contributed by atoms with Crippen LogP contribution in [0.15, 0.2) is 71.3 Å². The highest BCUT2D eigenvalue weighted by molar-refractivity contribution is 5.84. The van der Waals surface area contributed by atoms with Crippen LogP contribution in [0.2, 0.25) is 0 Å². The van der Waals surface area contributed by atoms with Gasteiger partial charge in [0.2, 0.25) is 0 Å². The molecule has 2 aromatic carbocycles. The Hall–Kier alpha value is -3.18. The molecule has 0 saturated carbocycles. The van der Waals surface area contributed by atoms with E-state index in [1.807, 2.05) is 67.7 Å². The zero-order chi connectivity index (χ0) is 18.6. The number of methoxy groups -OCH3 is 1. The molecule has 0 bridgehead atoms. The molecule has 0 radical (unpaired) electrons. The molecule has 0 fully saturated rings. The van der Waals surface area contributed by atoms with Gasteiger partial charge in [-0.15, -0.1) is 0 Å². The average molecular weight is 359 g/mol. The summed E-state index contributed by atoms with van der Waals surface area (Å²) in [5, 5.41) is 5.25. The fourth-order valence-corrected chi connectivity index (χ4v) is 3.14. The lowest BCUT2D eigenvalue weighted by Gasteiger charge is -2.15. The fourth-order valence-electron chi connectivity index (χ4n) is 3.14. The molecule has 4 rings (SSSR count). The SMILES string of the molecule is COc1cccc2ccc(CN(C)Cc3cc(-c4ccccc4)no3)nc12. The van der Waals surface area contributed by atoms with Crippen molar-refractivity contribution in [3.05, 3.63) is 78.2 Å². The number of fused-ring (bicyclic) bond motifs is 1. The van der Waals surface area contributed by atoms with E-state index in [4.69, 9.17) is 14.2 Å². The van der Waals surface area contributed by atoms with Gasteiger partial charge in [0.05, 0.1) is 19.3 Å². The zero-order valence-electron chi connectivity index (χ0n) is 15.4. The van der Waals surface area contributed by atoms with E-state index in [-0.39, 0.29) is 0 Å². The van der Waals surface area contributed by atoms with Crippen molar-refractivity contribution in [1.29, 1.82) is 0 Å². The first-order valence-corrected chi connectivity index (χ1v) is 8.85. The molecule has 0 N–H and O–H groups in total. The molecule has 0 aliphatic carbocycles. The van der Waals surface area contributed by atoms with E-state index in [0.717, 1.165) is 39.4 Å². The zero-order valence-corrected chi connectivity index (χ0v) is 15.4. The van der Waals surface area contributed by atoms with Gasteiger partial charge in [-0.25, -0.2) is 4.98 Å². The normalized spacial score (nSPS) is 11.2. The van der Waals surface area contributed by atoms with Crippen LogP contribution >= 0.6 is 0 Å². The molecule has 0 amide bonds. The van der Waals surface area contributed by atoms with Gasteiger partial charge in [-0.1, -0.05) is 53.7 Å². The number of rotatable bonds is 6. The van der Waals surface area contributed by atoms with Crippen LogP contribution in [0.4, 0.5) is 0 Å². The molecule has 136 valence electrons. The predicted molar refractivity (Wildman–Crippen MR) is 105 cm³/mol. The molecular weight excluding hydrogens is 338 g/mol. The van der Waals surface area contributed by atoms with Crippen LogP contribution in [-0.4, -0.2) is 29.2 Å². The minimum absolute atomic E-state index is 0.658. The molecule has 0 aliphatic heterocycles. The van der Waals surface area contributed by atoms with Gasteiger partial charge in [0.25, 0.3) is 0 Å². The van der Waals surface area contributed by atoms with Crippen molar-refractivity contribution in [2.75, 3.05) is 14.2 Å². The first-order chi connectivity index (χ1) is 13.2. The maximum absolute atomic E-state index is 5.50. The Morgan fingerprint density at radius 1 is 0.963 bits per heavy atom. The second kappa shape index (κ2) is 7.60. The Labute approximate surface area is 158 Å². The summed E-state index contributed by atoms with van der Waals surface area (Å²) in [7, 11) is 3.71.